The van der Waals surface area contributed by atoms with Crippen molar-refractivity contribution in [2.24, 2.45) is 0 Å². The Morgan fingerprint density at radius 1 is 1.37 bits per heavy atom. The van der Waals surface area contributed by atoms with Gasteiger partial charge in [-0.15, -0.1) is 0 Å². The average Bonchev–Trinajstić information content (AvgIpc) is 2.74. The number of nitrogens with one attached hydrogen (secondary N) is 1. The number of amides is 1. The van der Waals surface area contributed by atoms with Crippen LogP contribution in [0, 0.1) is 0 Å². The van der Waals surface area contributed by atoms with Crippen LogP contribution < -0.4 is 11.1 Å². The number of carbonyl (C=O) groups is 1. The van der Waals surface area contributed by atoms with Crippen molar-refractivity contribution in [3.8, 4) is 0 Å². The van der Waals surface area contributed by atoms with Gasteiger partial charge in [-0.2, -0.15) is 0 Å². The van der Waals surface area contributed by atoms with Gasteiger partial charge in [-0.3, -0.25) is 4.79 Å². The van der Waals surface area contributed by atoms with Crippen molar-refractivity contribution in [1.82, 2.24) is 10.3 Å². The number of rotatable bonds is 3. The topological polar surface area (TPSA) is 68.0 Å². The molecule has 1 aliphatic rings. The van der Waals surface area contributed by atoms with Crippen LogP contribution >= 0.6 is 0 Å². The lowest BCUT2D eigenvalue weighted by Crippen LogP contribution is -2.43. The van der Waals surface area contributed by atoms with Crippen molar-refractivity contribution in [3.05, 3.63) is 23.4 Å². The second kappa shape index (κ2) is 5.19. The van der Waals surface area contributed by atoms with E-state index in [-0.39, 0.29) is 17.4 Å². The molecule has 0 aromatic carbocycles. The predicted molar refractivity (Wildman–Crippen MR) is 77.1 cm³/mol. The van der Waals surface area contributed by atoms with Gasteiger partial charge in [-0.1, -0.05) is 26.7 Å². The average molecular weight is 261 g/mol. The standard InChI is InChI=1S/C15H23N3O/c1-10(2)12-8-11(9-13(16)17-12)14(19)18-15(3)6-4-5-7-15/h8-10H,4-7H2,1-3H3,(H2,16,17)(H,18,19). The molecule has 1 fully saturated rings. The molecule has 0 atom stereocenters. The normalized spacial score (nSPS) is 17.7. The van der Waals surface area contributed by atoms with Gasteiger partial charge in [0, 0.05) is 16.8 Å². The van der Waals surface area contributed by atoms with Gasteiger partial charge in [0.2, 0.25) is 0 Å². The van der Waals surface area contributed by atoms with Gasteiger partial charge in [-0.05, 0) is 37.8 Å². The van der Waals surface area contributed by atoms with Crippen molar-refractivity contribution < 1.29 is 4.79 Å². The number of hydrogen-bond donors (Lipinski definition) is 2. The third-order valence-electron chi connectivity index (χ3n) is 3.84. The largest absolute Gasteiger partial charge is 0.384 e. The SMILES string of the molecule is CC(C)c1cc(C(=O)NC2(C)CCCC2)cc(N)n1. The molecule has 1 amide bonds. The summed E-state index contributed by atoms with van der Waals surface area (Å²) in [4.78, 5) is 16.6. The Bertz CT molecular complexity index is 476. The highest BCUT2D eigenvalue weighted by molar-refractivity contribution is 5.95. The predicted octanol–water partition coefficient (Wildman–Crippen LogP) is 2.85. The van der Waals surface area contributed by atoms with Gasteiger partial charge in [0.05, 0.1) is 0 Å². The molecule has 19 heavy (non-hydrogen) atoms. The van der Waals surface area contributed by atoms with Gasteiger partial charge in [0.15, 0.2) is 0 Å². The minimum absolute atomic E-state index is 0.0413. The van der Waals surface area contributed by atoms with Crippen LogP contribution in [0.5, 0.6) is 0 Å². The summed E-state index contributed by atoms with van der Waals surface area (Å²) >= 11 is 0. The molecule has 0 aliphatic heterocycles. The lowest BCUT2D eigenvalue weighted by Gasteiger charge is -2.25. The van der Waals surface area contributed by atoms with Crippen molar-refractivity contribution >= 4 is 11.7 Å². The Morgan fingerprint density at radius 3 is 2.58 bits per heavy atom. The summed E-state index contributed by atoms with van der Waals surface area (Å²) in [5.41, 5.74) is 7.20. The zero-order valence-corrected chi connectivity index (χ0v) is 12.0. The zero-order chi connectivity index (χ0) is 14.0. The molecule has 1 heterocycles. The van der Waals surface area contributed by atoms with Crippen molar-refractivity contribution in [2.75, 3.05) is 5.73 Å². The number of nitrogens with two attached hydrogens (primary N) is 1. The minimum Gasteiger partial charge on any atom is -0.384 e. The first-order valence-electron chi connectivity index (χ1n) is 7.00. The molecule has 0 unspecified atom stereocenters. The van der Waals surface area contributed by atoms with Gasteiger partial charge < -0.3 is 11.1 Å². The number of carbonyl (C=O) groups excluding carboxylic acids is 1. The van der Waals surface area contributed by atoms with E-state index in [1.165, 1.54) is 12.8 Å². The third kappa shape index (κ3) is 3.25. The molecule has 4 nitrogen and oxygen atoms in total. The molecule has 2 rings (SSSR count). The number of hydrogen-bond acceptors (Lipinski definition) is 3. The summed E-state index contributed by atoms with van der Waals surface area (Å²) < 4.78 is 0. The second-order valence-electron chi connectivity index (χ2n) is 6.08. The van der Waals surface area contributed by atoms with Crippen LogP contribution in [-0.2, 0) is 0 Å². The summed E-state index contributed by atoms with van der Waals surface area (Å²) in [7, 11) is 0. The summed E-state index contributed by atoms with van der Waals surface area (Å²) in [5, 5.41) is 3.14. The first-order chi connectivity index (χ1) is 8.89. The molecule has 1 aromatic rings. The summed E-state index contributed by atoms with van der Waals surface area (Å²) in [6.07, 6.45) is 4.48. The molecule has 0 bridgehead atoms. The van der Waals surface area contributed by atoms with Crippen LogP contribution in [-0.4, -0.2) is 16.4 Å². The highest BCUT2D eigenvalue weighted by Crippen LogP contribution is 2.29. The molecule has 104 valence electrons. The van der Waals surface area contributed by atoms with Gasteiger partial charge in [0.25, 0.3) is 5.91 Å². The molecule has 0 spiro atoms. The van der Waals surface area contributed by atoms with Crippen LogP contribution in [0.25, 0.3) is 0 Å². The zero-order valence-electron chi connectivity index (χ0n) is 12.0. The fraction of sp³-hybridized carbons (Fsp3) is 0.600. The number of anilines is 1. The molecule has 1 saturated carbocycles. The van der Waals surface area contributed by atoms with E-state index in [0.717, 1.165) is 18.5 Å². The fourth-order valence-electron chi connectivity index (χ4n) is 2.63. The summed E-state index contributed by atoms with van der Waals surface area (Å²) in [6.45, 7) is 6.20. The third-order valence-corrected chi connectivity index (χ3v) is 3.84. The maximum atomic E-state index is 12.3. The molecule has 1 aromatic heterocycles. The highest BCUT2D eigenvalue weighted by Gasteiger charge is 2.30. The Kier molecular flexibility index (Phi) is 3.78. The molecule has 0 saturated heterocycles. The first-order valence-corrected chi connectivity index (χ1v) is 7.00. The van der Waals surface area contributed by atoms with Crippen LogP contribution in [0.3, 0.4) is 0 Å². The number of pyridine rings is 1. The van der Waals surface area contributed by atoms with Crippen LogP contribution in [0.4, 0.5) is 5.82 Å². The van der Waals surface area contributed by atoms with Gasteiger partial charge in [-0.25, -0.2) is 4.98 Å². The molecular formula is C15H23N3O. The van der Waals surface area contributed by atoms with E-state index in [2.05, 4.69) is 17.2 Å². The number of nitrogen functional groups attached to an aromatic ring is 1. The quantitative estimate of drug-likeness (QED) is 0.879. The van der Waals surface area contributed by atoms with E-state index in [9.17, 15) is 4.79 Å². The van der Waals surface area contributed by atoms with Crippen LogP contribution in [0.2, 0.25) is 0 Å². The van der Waals surface area contributed by atoms with E-state index in [1.807, 2.05) is 19.9 Å². The lowest BCUT2D eigenvalue weighted by atomic mass is 9.99. The van der Waals surface area contributed by atoms with Gasteiger partial charge >= 0.3 is 0 Å². The van der Waals surface area contributed by atoms with E-state index in [4.69, 9.17) is 5.73 Å². The number of aromatic nitrogens is 1. The summed E-state index contributed by atoms with van der Waals surface area (Å²) in [6, 6.07) is 3.49. The maximum absolute atomic E-state index is 12.3. The molecule has 1 aliphatic carbocycles. The maximum Gasteiger partial charge on any atom is 0.251 e. The fourth-order valence-corrected chi connectivity index (χ4v) is 2.63. The van der Waals surface area contributed by atoms with Crippen LogP contribution in [0.15, 0.2) is 12.1 Å². The molecule has 3 N–H and O–H groups in total. The van der Waals surface area contributed by atoms with E-state index in [1.54, 1.807) is 6.07 Å². The van der Waals surface area contributed by atoms with E-state index < -0.39 is 0 Å². The Hall–Kier alpha value is -1.58. The lowest BCUT2D eigenvalue weighted by molar-refractivity contribution is 0.0908. The van der Waals surface area contributed by atoms with Gasteiger partial charge in [0.1, 0.15) is 5.82 Å². The van der Waals surface area contributed by atoms with Crippen molar-refractivity contribution in [1.29, 1.82) is 0 Å². The number of nitrogens with zero attached hydrogens (tertiary/aromatic N) is 1. The van der Waals surface area contributed by atoms with Crippen molar-refractivity contribution in [2.45, 2.75) is 57.9 Å². The summed E-state index contributed by atoms with van der Waals surface area (Å²) in [5.74, 6) is 0.630. The van der Waals surface area contributed by atoms with Crippen LogP contribution in [0.1, 0.15) is 68.4 Å². The smallest absolute Gasteiger partial charge is 0.251 e. The Labute approximate surface area is 114 Å². The molecule has 4 heteroatoms. The second-order valence-corrected chi connectivity index (χ2v) is 6.08. The Morgan fingerprint density at radius 2 is 2.00 bits per heavy atom. The van der Waals surface area contributed by atoms with E-state index in [0.29, 0.717) is 11.4 Å². The molecule has 0 radical (unpaired) electrons. The van der Waals surface area contributed by atoms with E-state index >= 15 is 0 Å². The molecular weight excluding hydrogens is 238 g/mol. The first kappa shape index (κ1) is 13.8. The van der Waals surface area contributed by atoms with Crippen molar-refractivity contribution in [3.63, 3.8) is 0 Å². The monoisotopic (exact) mass is 261 g/mol. The Balaban J connectivity index is 2.19. The minimum atomic E-state index is -0.0624. The highest BCUT2D eigenvalue weighted by atomic mass is 16.1.